The number of ether oxygens (including phenoxy) is 1. The number of rotatable bonds is 6. The predicted molar refractivity (Wildman–Crippen MR) is 74.5 cm³/mol. The monoisotopic (exact) mass is 283 g/mol. The molecular weight excluding hydrogens is 270 g/mol. The number of nitrogens with one attached hydrogen (secondary N) is 1. The lowest BCUT2D eigenvalue weighted by Crippen LogP contribution is -2.11. The zero-order valence-electron chi connectivity index (χ0n) is 9.86. The molecule has 0 unspecified atom stereocenters. The van der Waals surface area contributed by atoms with Gasteiger partial charge in [0, 0.05) is 13.2 Å². The summed E-state index contributed by atoms with van der Waals surface area (Å²) in [6.07, 6.45) is 2.65. The fraction of sp³-hybridized carbons (Fsp3) is 0.500. The third-order valence-electron chi connectivity index (χ3n) is 2.87. The largest absolute Gasteiger partial charge is 0.379 e. The van der Waals surface area contributed by atoms with Gasteiger partial charge in [0.15, 0.2) is 0 Å². The average Bonchev–Trinajstić information content (AvgIpc) is 3.05. The van der Waals surface area contributed by atoms with Crippen molar-refractivity contribution in [1.82, 2.24) is 9.97 Å². The molecule has 1 saturated carbocycles. The maximum Gasteiger partial charge on any atom is 0.224 e. The van der Waals surface area contributed by atoms with Crippen LogP contribution in [0.1, 0.15) is 12.8 Å². The first-order valence-electron chi connectivity index (χ1n) is 6.05. The maximum absolute atomic E-state index is 5.88. The van der Waals surface area contributed by atoms with Crippen molar-refractivity contribution in [3.8, 4) is 0 Å². The van der Waals surface area contributed by atoms with E-state index in [-0.39, 0.29) is 5.28 Å². The Hall–Kier alpha value is -0.910. The molecule has 0 bridgehead atoms. The minimum atomic E-state index is 0.280. The second-order valence-corrected chi connectivity index (χ2v) is 5.68. The molecule has 2 aromatic heterocycles. The number of hydrogen-bond acceptors (Lipinski definition) is 5. The lowest BCUT2D eigenvalue weighted by atomic mass is 10.4. The molecule has 1 aliphatic rings. The van der Waals surface area contributed by atoms with Gasteiger partial charge in [-0.1, -0.05) is 0 Å². The number of anilines is 1. The van der Waals surface area contributed by atoms with Crippen LogP contribution in [0, 0.1) is 5.92 Å². The fourth-order valence-corrected chi connectivity index (χ4v) is 2.70. The molecule has 1 fully saturated rings. The van der Waals surface area contributed by atoms with Crippen LogP contribution in [0.5, 0.6) is 0 Å². The van der Waals surface area contributed by atoms with Gasteiger partial charge < -0.3 is 10.1 Å². The number of fused-ring (bicyclic) bond motifs is 1. The molecule has 0 saturated heterocycles. The van der Waals surface area contributed by atoms with Gasteiger partial charge in [0.2, 0.25) is 5.28 Å². The molecule has 3 rings (SSSR count). The molecule has 2 heterocycles. The van der Waals surface area contributed by atoms with Crippen molar-refractivity contribution in [2.45, 2.75) is 12.8 Å². The highest BCUT2D eigenvalue weighted by atomic mass is 35.5. The van der Waals surface area contributed by atoms with Gasteiger partial charge in [-0.2, -0.15) is 4.98 Å². The minimum Gasteiger partial charge on any atom is -0.379 e. The Labute approximate surface area is 114 Å². The van der Waals surface area contributed by atoms with E-state index >= 15 is 0 Å². The summed E-state index contributed by atoms with van der Waals surface area (Å²) in [5, 5.41) is 5.53. The van der Waals surface area contributed by atoms with Crippen LogP contribution in [-0.4, -0.2) is 29.7 Å². The van der Waals surface area contributed by atoms with Crippen LogP contribution in [0.2, 0.25) is 5.28 Å². The quantitative estimate of drug-likeness (QED) is 0.653. The number of hydrogen-bond donors (Lipinski definition) is 1. The van der Waals surface area contributed by atoms with E-state index < -0.39 is 0 Å². The van der Waals surface area contributed by atoms with Crippen molar-refractivity contribution < 1.29 is 4.74 Å². The molecule has 0 amide bonds. The average molecular weight is 284 g/mol. The molecule has 0 radical (unpaired) electrons. The molecule has 1 N–H and O–H groups in total. The Bertz CT molecular complexity index is 541. The Balaban J connectivity index is 1.57. The topological polar surface area (TPSA) is 47.0 Å². The normalized spacial score (nSPS) is 15.2. The third kappa shape index (κ3) is 2.91. The Morgan fingerprint density at radius 2 is 2.33 bits per heavy atom. The van der Waals surface area contributed by atoms with E-state index in [0.717, 1.165) is 35.1 Å². The number of thiophene rings is 1. The van der Waals surface area contributed by atoms with Crippen LogP contribution in [0.15, 0.2) is 11.4 Å². The smallest absolute Gasteiger partial charge is 0.224 e. The molecule has 96 valence electrons. The fourth-order valence-electron chi connectivity index (χ4n) is 1.73. The van der Waals surface area contributed by atoms with Gasteiger partial charge in [-0.05, 0) is 41.8 Å². The highest BCUT2D eigenvalue weighted by Crippen LogP contribution is 2.29. The molecule has 18 heavy (non-hydrogen) atoms. The van der Waals surface area contributed by atoms with Crippen molar-refractivity contribution in [3.05, 3.63) is 16.7 Å². The van der Waals surface area contributed by atoms with E-state index in [1.54, 1.807) is 11.3 Å². The molecule has 0 aromatic carbocycles. The maximum atomic E-state index is 5.88. The van der Waals surface area contributed by atoms with Crippen LogP contribution in [0.25, 0.3) is 10.2 Å². The molecule has 2 aromatic rings. The predicted octanol–water partition coefficient (Wildman–Crippen LogP) is 3.18. The Kier molecular flexibility index (Phi) is 3.63. The van der Waals surface area contributed by atoms with Crippen LogP contribution in [0.4, 0.5) is 5.82 Å². The SMILES string of the molecule is Clc1nc(NCCOCC2CC2)c2sccc2n1. The molecule has 6 heteroatoms. The Morgan fingerprint density at radius 1 is 1.44 bits per heavy atom. The zero-order valence-corrected chi connectivity index (χ0v) is 11.4. The van der Waals surface area contributed by atoms with Gasteiger partial charge in [0.1, 0.15) is 5.82 Å². The highest BCUT2D eigenvalue weighted by molar-refractivity contribution is 7.17. The van der Waals surface area contributed by atoms with Crippen molar-refractivity contribution in [1.29, 1.82) is 0 Å². The first-order valence-corrected chi connectivity index (χ1v) is 7.31. The Morgan fingerprint density at radius 3 is 3.17 bits per heavy atom. The standard InChI is InChI=1S/C12H14ClN3OS/c13-12-15-9-3-6-18-10(9)11(16-12)14-4-5-17-7-8-1-2-8/h3,6,8H,1-2,4-5,7H2,(H,14,15,16). The number of aromatic nitrogens is 2. The molecule has 0 spiro atoms. The van der Waals surface area contributed by atoms with Gasteiger partial charge in [-0.15, -0.1) is 11.3 Å². The van der Waals surface area contributed by atoms with Gasteiger partial charge in [0.05, 0.1) is 16.8 Å². The number of halogens is 1. The van der Waals surface area contributed by atoms with Crippen molar-refractivity contribution in [2.24, 2.45) is 5.92 Å². The summed E-state index contributed by atoms with van der Waals surface area (Å²) in [5.74, 6) is 1.61. The van der Waals surface area contributed by atoms with Crippen LogP contribution in [0.3, 0.4) is 0 Å². The van der Waals surface area contributed by atoms with E-state index in [2.05, 4.69) is 15.3 Å². The van der Waals surface area contributed by atoms with E-state index in [9.17, 15) is 0 Å². The van der Waals surface area contributed by atoms with Gasteiger partial charge in [0.25, 0.3) is 0 Å². The second-order valence-electron chi connectivity index (χ2n) is 4.42. The molecule has 4 nitrogen and oxygen atoms in total. The zero-order chi connectivity index (χ0) is 12.4. The molecule has 0 atom stereocenters. The lowest BCUT2D eigenvalue weighted by Gasteiger charge is -2.07. The van der Waals surface area contributed by atoms with Crippen molar-refractivity contribution in [2.75, 3.05) is 25.1 Å². The van der Waals surface area contributed by atoms with Crippen molar-refractivity contribution in [3.63, 3.8) is 0 Å². The summed E-state index contributed by atoms with van der Waals surface area (Å²) in [4.78, 5) is 8.38. The summed E-state index contributed by atoms with van der Waals surface area (Å²) >= 11 is 7.50. The second kappa shape index (κ2) is 5.38. The van der Waals surface area contributed by atoms with Gasteiger partial charge >= 0.3 is 0 Å². The van der Waals surface area contributed by atoms with E-state index in [1.165, 1.54) is 12.8 Å². The summed E-state index contributed by atoms with van der Waals surface area (Å²) < 4.78 is 6.61. The van der Waals surface area contributed by atoms with Crippen LogP contribution >= 0.6 is 22.9 Å². The lowest BCUT2D eigenvalue weighted by molar-refractivity contribution is 0.134. The first-order chi connectivity index (χ1) is 8.83. The molecule has 1 aliphatic carbocycles. The summed E-state index contributed by atoms with van der Waals surface area (Å²) in [5.41, 5.74) is 0.890. The van der Waals surface area contributed by atoms with E-state index in [1.807, 2.05) is 11.4 Å². The third-order valence-corrected chi connectivity index (χ3v) is 3.94. The first kappa shape index (κ1) is 12.1. The number of nitrogens with zero attached hydrogens (tertiary/aromatic N) is 2. The van der Waals surface area contributed by atoms with Gasteiger partial charge in [-0.3, -0.25) is 0 Å². The summed E-state index contributed by atoms with van der Waals surface area (Å²) in [6.45, 7) is 2.33. The molecular formula is C12H14ClN3OS. The summed E-state index contributed by atoms with van der Waals surface area (Å²) in [6, 6.07) is 1.95. The van der Waals surface area contributed by atoms with E-state index in [0.29, 0.717) is 6.61 Å². The van der Waals surface area contributed by atoms with E-state index in [4.69, 9.17) is 16.3 Å². The van der Waals surface area contributed by atoms with Crippen LogP contribution < -0.4 is 5.32 Å². The van der Waals surface area contributed by atoms with Gasteiger partial charge in [-0.25, -0.2) is 4.98 Å². The van der Waals surface area contributed by atoms with Crippen LogP contribution in [-0.2, 0) is 4.74 Å². The molecule has 0 aliphatic heterocycles. The highest BCUT2D eigenvalue weighted by Gasteiger charge is 2.20. The summed E-state index contributed by atoms with van der Waals surface area (Å²) in [7, 11) is 0. The van der Waals surface area contributed by atoms with Crippen molar-refractivity contribution >= 4 is 39.0 Å². The minimum absolute atomic E-state index is 0.280.